The summed E-state index contributed by atoms with van der Waals surface area (Å²) in [6.07, 6.45) is 32.1. The van der Waals surface area contributed by atoms with Crippen LogP contribution in [0.2, 0.25) is 0 Å². The molecule has 0 unspecified atom stereocenters. The molecule has 0 saturated heterocycles. The fraction of sp³-hybridized carbons (Fsp3) is 0.923. The van der Waals surface area contributed by atoms with Gasteiger partial charge >= 0.3 is 19.8 Å². The van der Waals surface area contributed by atoms with Crippen molar-refractivity contribution in [1.82, 2.24) is 21.3 Å². The zero-order valence-corrected chi connectivity index (χ0v) is 46.1. The van der Waals surface area contributed by atoms with Gasteiger partial charge < -0.3 is 54.7 Å². The van der Waals surface area contributed by atoms with Gasteiger partial charge in [-0.05, 0) is 19.3 Å². The first kappa shape index (κ1) is 67.9. The van der Waals surface area contributed by atoms with Gasteiger partial charge in [0.15, 0.2) is 0 Å². The first-order valence-electron chi connectivity index (χ1n) is 27.8. The molecule has 0 aromatic rings. The molecule has 0 fully saturated rings. The SMILES string of the molecule is CCCCCCCCCCCCCCCC(=O)N[C@@H](CSC[C@@H](COC(=O)NCCCCCCCCCC)OC(=O)NCCCCCCCCCC)C(=O)NCCOCCOCCOCCP(=O)(O)O. The molecule has 0 aliphatic rings. The molecule has 0 rings (SSSR count). The van der Waals surface area contributed by atoms with Crippen molar-refractivity contribution in [3.8, 4) is 0 Å². The number of rotatable bonds is 53. The molecule has 6 N–H and O–H groups in total. The molecule has 0 spiro atoms. The molecule has 18 heteroatoms. The molecule has 2 atom stereocenters. The van der Waals surface area contributed by atoms with Gasteiger partial charge in [0.2, 0.25) is 11.8 Å². The highest BCUT2D eigenvalue weighted by molar-refractivity contribution is 7.99. The number of hydrogen-bond donors (Lipinski definition) is 6. The van der Waals surface area contributed by atoms with Crippen LogP contribution in [0.15, 0.2) is 0 Å². The van der Waals surface area contributed by atoms with E-state index >= 15 is 0 Å². The summed E-state index contributed by atoms with van der Waals surface area (Å²) in [5.41, 5.74) is 0. The van der Waals surface area contributed by atoms with Crippen molar-refractivity contribution >= 4 is 43.4 Å². The van der Waals surface area contributed by atoms with Crippen molar-refractivity contribution in [2.45, 2.75) is 226 Å². The number of carbonyl (C=O) groups is 4. The smallest absolute Gasteiger partial charge is 0.407 e. The van der Waals surface area contributed by atoms with E-state index in [1.807, 2.05) is 0 Å². The molecule has 0 heterocycles. The Morgan fingerprint density at radius 2 is 0.900 bits per heavy atom. The largest absolute Gasteiger partial charge is 0.446 e. The van der Waals surface area contributed by atoms with E-state index < -0.39 is 31.9 Å². The first-order chi connectivity index (χ1) is 34.0. The van der Waals surface area contributed by atoms with Crippen LogP contribution in [-0.4, -0.2) is 129 Å². The van der Waals surface area contributed by atoms with Crippen molar-refractivity contribution in [3.05, 3.63) is 0 Å². The highest BCUT2D eigenvalue weighted by atomic mass is 32.2. The van der Waals surface area contributed by atoms with Gasteiger partial charge in [0, 0.05) is 37.6 Å². The third-order valence-corrected chi connectivity index (χ3v) is 13.8. The lowest BCUT2D eigenvalue weighted by molar-refractivity contribution is -0.128. The number of thioether (sulfide) groups is 1. The lowest BCUT2D eigenvalue weighted by atomic mass is 10.0. The molecule has 16 nitrogen and oxygen atoms in total. The summed E-state index contributed by atoms with van der Waals surface area (Å²) in [6.45, 7) is 8.83. The van der Waals surface area contributed by atoms with Gasteiger partial charge in [0.25, 0.3) is 0 Å². The Bertz CT molecular complexity index is 1270. The quantitative estimate of drug-likeness (QED) is 0.0247. The van der Waals surface area contributed by atoms with Crippen LogP contribution < -0.4 is 21.3 Å². The van der Waals surface area contributed by atoms with Gasteiger partial charge in [-0.2, -0.15) is 11.8 Å². The Hall–Kier alpha value is -2.14. The maximum absolute atomic E-state index is 13.5. The second kappa shape index (κ2) is 51.7. The number of ether oxygens (including phenoxy) is 5. The summed E-state index contributed by atoms with van der Waals surface area (Å²) >= 11 is 1.33. The van der Waals surface area contributed by atoms with Gasteiger partial charge in [-0.3, -0.25) is 14.2 Å². The van der Waals surface area contributed by atoms with E-state index in [0.717, 1.165) is 64.2 Å². The molecule has 4 amide bonds. The van der Waals surface area contributed by atoms with E-state index in [2.05, 4.69) is 42.0 Å². The zero-order valence-electron chi connectivity index (χ0n) is 44.4. The lowest BCUT2D eigenvalue weighted by Gasteiger charge is -2.21. The van der Waals surface area contributed by atoms with Crippen LogP contribution in [0.3, 0.4) is 0 Å². The number of nitrogens with one attached hydrogen (secondary N) is 4. The summed E-state index contributed by atoms with van der Waals surface area (Å²) in [6, 6.07) is -0.860. The van der Waals surface area contributed by atoms with Gasteiger partial charge in [0.05, 0.1) is 45.8 Å². The minimum Gasteiger partial charge on any atom is -0.446 e. The van der Waals surface area contributed by atoms with E-state index in [-0.39, 0.29) is 82.3 Å². The maximum Gasteiger partial charge on any atom is 0.407 e. The summed E-state index contributed by atoms with van der Waals surface area (Å²) < 4.78 is 38.3. The molecule has 0 aliphatic heterocycles. The summed E-state index contributed by atoms with van der Waals surface area (Å²) in [4.78, 5) is 70.0. The molecule has 0 radical (unpaired) electrons. The molecule has 0 saturated carbocycles. The monoisotopic (exact) mass is 1040 g/mol. The maximum atomic E-state index is 13.5. The fourth-order valence-electron chi connectivity index (χ4n) is 7.59. The normalized spacial score (nSPS) is 12.4. The fourth-order valence-corrected chi connectivity index (χ4v) is 8.99. The molecule has 0 bridgehead atoms. The summed E-state index contributed by atoms with van der Waals surface area (Å²) in [5, 5.41) is 11.4. The van der Waals surface area contributed by atoms with Gasteiger partial charge in [-0.25, -0.2) is 9.59 Å². The minimum absolute atomic E-state index is 0.0548. The second-order valence-corrected chi connectivity index (χ2v) is 21.4. The first-order valence-corrected chi connectivity index (χ1v) is 30.7. The number of amides is 4. The lowest BCUT2D eigenvalue weighted by Crippen LogP contribution is -2.49. The average molecular weight is 1040 g/mol. The third kappa shape index (κ3) is 50.8. The standard InChI is InChI=1S/C52H103N4O12PS/c1-4-7-10-13-16-19-20-21-22-23-24-27-30-33-49(57)56-48(50(58)53-36-37-64-38-39-65-40-41-66-42-43-69(61,62)63)46-70-45-47(68-52(60)55-35-32-29-26-18-15-12-9-6-3)44-67-51(59)54-34-31-28-25-17-14-11-8-5-2/h47-48H,4-46H2,1-3H3,(H,53,58)(H,54,59)(H,55,60)(H,56,57)(H2,61,62,63)/t47-,48+/m1/s1. The number of alkyl carbamates (subject to hydrolysis) is 2. The van der Waals surface area contributed by atoms with Crippen LogP contribution in [0.1, 0.15) is 213 Å². The van der Waals surface area contributed by atoms with Crippen molar-refractivity contribution in [1.29, 1.82) is 0 Å². The van der Waals surface area contributed by atoms with Crippen molar-refractivity contribution in [3.63, 3.8) is 0 Å². The van der Waals surface area contributed by atoms with Gasteiger partial charge in [-0.1, -0.05) is 188 Å². The van der Waals surface area contributed by atoms with Crippen LogP contribution in [0.5, 0.6) is 0 Å². The Morgan fingerprint density at radius 1 is 0.486 bits per heavy atom. The Labute approximate surface area is 429 Å². The van der Waals surface area contributed by atoms with E-state index in [1.165, 1.54) is 134 Å². The predicted molar refractivity (Wildman–Crippen MR) is 285 cm³/mol. The molecule has 70 heavy (non-hydrogen) atoms. The van der Waals surface area contributed by atoms with Crippen LogP contribution in [-0.2, 0) is 37.8 Å². The van der Waals surface area contributed by atoms with Crippen LogP contribution in [0.25, 0.3) is 0 Å². The molecular weight excluding hydrogens is 936 g/mol. The van der Waals surface area contributed by atoms with E-state index in [0.29, 0.717) is 19.5 Å². The van der Waals surface area contributed by atoms with Gasteiger partial charge in [0.1, 0.15) is 18.8 Å². The van der Waals surface area contributed by atoms with Crippen LogP contribution >= 0.6 is 19.4 Å². The van der Waals surface area contributed by atoms with E-state index in [1.54, 1.807) is 0 Å². The average Bonchev–Trinajstić information content (AvgIpc) is 3.33. The second-order valence-electron chi connectivity index (χ2n) is 18.6. The highest BCUT2D eigenvalue weighted by Crippen LogP contribution is 2.33. The topological polar surface area (TPSA) is 220 Å². The Morgan fingerprint density at radius 3 is 1.37 bits per heavy atom. The highest BCUT2D eigenvalue weighted by Gasteiger charge is 2.23. The van der Waals surface area contributed by atoms with Gasteiger partial charge in [-0.15, -0.1) is 0 Å². The van der Waals surface area contributed by atoms with Crippen LogP contribution in [0.4, 0.5) is 9.59 Å². The number of carbonyl (C=O) groups excluding carboxylic acids is 4. The van der Waals surface area contributed by atoms with E-state index in [9.17, 15) is 23.7 Å². The number of unbranched alkanes of at least 4 members (excludes halogenated alkanes) is 26. The molecule has 0 aliphatic carbocycles. The summed E-state index contributed by atoms with van der Waals surface area (Å²) in [7, 11) is -4.09. The minimum atomic E-state index is -4.09. The predicted octanol–water partition coefficient (Wildman–Crippen LogP) is 11.1. The van der Waals surface area contributed by atoms with Crippen molar-refractivity contribution < 1.29 is 57.2 Å². The van der Waals surface area contributed by atoms with Crippen LogP contribution in [0, 0.1) is 0 Å². The zero-order chi connectivity index (χ0) is 51.4. The van der Waals surface area contributed by atoms with Crippen molar-refractivity contribution in [2.75, 3.05) is 83.6 Å². The number of hydrogen-bond acceptors (Lipinski definition) is 11. The molecule has 0 aromatic carbocycles. The van der Waals surface area contributed by atoms with Crippen molar-refractivity contribution in [2.24, 2.45) is 0 Å². The summed E-state index contributed by atoms with van der Waals surface area (Å²) in [5.74, 6) is -0.138. The molecule has 0 aromatic heterocycles. The Balaban J connectivity index is 5.19. The third-order valence-electron chi connectivity index (χ3n) is 11.8. The Kier molecular flexibility index (Phi) is 50.2. The molecule has 414 valence electrons. The van der Waals surface area contributed by atoms with E-state index in [4.69, 9.17) is 33.5 Å². The molecular formula is C52H103N4O12PS.